The molecule has 4 unspecified atom stereocenters. The predicted octanol–water partition coefficient (Wildman–Crippen LogP) is 2.65. The summed E-state index contributed by atoms with van der Waals surface area (Å²) in [5.41, 5.74) is 3.94. The quantitative estimate of drug-likeness (QED) is 0.536. The summed E-state index contributed by atoms with van der Waals surface area (Å²) in [6, 6.07) is 15.8. The second-order valence-corrected chi connectivity index (χ2v) is 10.3. The lowest BCUT2D eigenvalue weighted by atomic mass is 9.86. The van der Waals surface area contributed by atoms with E-state index < -0.39 is 0 Å². The molecule has 7 nitrogen and oxygen atoms in total. The molecule has 2 N–H and O–H groups in total. The average Bonchev–Trinajstić information content (AvgIpc) is 3.22. The first-order chi connectivity index (χ1) is 17.7. The van der Waals surface area contributed by atoms with E-state index in [1.807, 2.05) is 24.3 Å². The highest BCUT2D eigenvalue weighted by Gasteiger charge is 2.42. The van der Waals surface area contributed by atoms with Crippen molar-refractivity contribution in [1.29, 1.82) is 5.26 Å². The van der Waals surface area contributed by atoms with E-state index in [4.69, 9.17) is 14.2 Å². The first kappa shape index (κ1) is 23.1. The van der Waals surface area contributed by atoms with Gasteiger partial charge in [0.2, 0.25) is 0 Å². The molecule has 1 saturated heterocycles. The van der Waals surface area contributed by atoms with Crippen LogP contribution < -0.4 is 24.4 Å². The van der Waals surface area contributed by atoms with E-state index in [1.165, 1.54) is 31.4 Å². The van der Waals surface area contributed by atoms with Crippen molar-refractivity contribution in [2.45, 2.75) is 44.3 Å². The number of hydrogen-bond donors (Lipinski definition) is 2. The van der Waals surface area contributed by atoms with Crippen LogP contribution in [0.3, 0.4) is 0 Å². The lowest BCUT2D eigenvalue weighted by Crippen LogP contribution is -3.14. The molecular formula is C29H33N4O3+. The molecule has 1 saturated carbocycles. The molecule has 2 aliphatic heterocycles. The van der Waals surface area contributed by atoms with Crippen molar-refractivity contribution in [3.63, 3.8) is 0 Å². The molecule has 0 spiro atoms. The fourth-order valence-corrected chi connectivity index (χ4v) is 6.41. The molecule has 1 aromatic heterocycles. The van der Waals surface area contributed by atoms with Gasteiger partial charge in [0, 0.05) is 49.4 Å². The Labute approximate surface area is 212 Å². The molecule has 3 heterocycles. The number of benzene rings is 2. The molecule has 6 rings (SSSR count). The smallest absolute Gasteiger partial charge is 0.161 e. The molecule has 0 radical (unpaired) electrons. The number of nitrogens with zero attached hydrogens (tertiary/aromatic N) is 2. The van der Waals surface area contributed by atoms with Gasteiger partial charge in [-0.1, -0.05) is 6.07 Å². The first-order valence-corrected chi connectivity index (χ1v) is 13.0. The van der Waals surface area contributed by atoms with Gasteiger partial charge in [-0.3, -0.25) is 4.98 Å². The highest BCUT2D eigenvalue weighted by atomic mass is 16.6. The van der Waals surface area contributed by atoms with E-state index >= 15 is 0 Å². The van der Waals surface area contributed by atoms with Crippen LogP contribution in [0.4, 0.5) is 0 Å². The Balaban J connectivity index is 1.10. The van der Waals surface area contributed by atoms with Gasteiger partial charge in [0.05, 0.1) is 37.3 Å². The standard InChI is InChI=1S/C29H32N4O3/c1-34-24-3-4-27-26(14-24)25(21(15-30)17-32-27)6-7-33-18-20-10-22(13-23(33)11-20)31-16-19-2-5-28-29(12-19)36-9-8-35-28/h2-5,12,14,17,20,22-23,31H,6-11,13,16,18H2,1H3/p+1. The van der Waals surface area contributed by atoms with Crippen LogP contribution in [0.5, 0.6) is 17.2 Å². The Morgan fingerprint density at radius 1 is 1.11 bits per heavy atom. The van der Waals surface area contributed by atoms with Gasteiger partial charge in [0.25, 0.3) is 0 Å². The maximum atomic E-state index is 9.75. The molecule has 1 aliphatic carbocycles. The Morgan fingerprint density at radius 2 is 2.00 bits per heavy atom. The number of hydrogen-bond acceptors (Lipinski definition) is 6. The van der Waals surface area contributed by atoms with Crippen LogP contribution in [-0.4, -0.2) is 50.5 Å². The Hall–Kier alpha value is -3.34. The van der Waals surface area contributed by atoms with Gasteiger partial charge in [0.1, 0.15) is 25.0 Å². The summed E-state index contributed by atoms with van der Waals surface area (Å²) in [7, 11) is 1.68. The molecule has 3 aromatic rings. The number of methoxy groups -OCH3 is 1. The first-order valence-electron chi connectivity index (χ1n) is 13.0. The number of quaternary nitrogens is 1. The number of rotatable bonds is 7. The number of nitrogens with one attached hydrogen (secondary N) is 2. The van der Waals surface area contributed by atoms with Crippen LogP contribution in [-0.2, 0) is 13.0 Å². The maximum Gasteiger partial charge on any atom is 0.161 e. The minimum atomic E-state index is 0.542. The van der Waals surface area contributed by atoms with Crippen LogP contribution in [0.25, 0.3) is 10.9 Å². The van der Waals surface area contributed by atoms with Gasteiger partial charge < -0.3 is 24.4 Å². The number of ether oxygens (including phenoxy) is 3. The van der Waals surface area contributed by atoms with Gasteiger partial charge in [-0.05, 0) is 47.9 Å². The van der Waals surface area contributed by atoms with E-state index in [2.05, 4.69) is 28.5 Å². The molecule has 2 bridgehead atoms. The van der Waals surface area contributed by atoms with Crippen LogP contribution in [0.2, 0.25) is 0 Å². The lowest BCUT2D eigenvalue weighted by Gasteiger charge is -2.28. The molecular weight excluding hydrogens is 452 g/mol. The Morgan fingerprint density at radius 3 is 2.86 bits per heavy atom. The lowest BCUT2D eigenvalue weighted by molar-refractivity contribution is -0.912. The van der Waals surface area contributed by atoms with Crippen molar-refractivity contribution in [2.75, 3.05) is 33.4 Å². The number of aromatic nitrogens is 1. The number of fused-ring (bicyclic) bond motifs is 4. The molecule has 2 fully saturated rings. The van der Waals surface area contributed by atoms with E-state index in [1.54, 1.807) is 18.2 Å². The topological polar surface area (TPSA) is 80.8 Å². The van der Waals surface area contributed by atoms with Crippen LogP contribution in [0.15, 0.2) is 42.6 Å². The van der Waals surface area contributed by atoms with E-state index in [-0.39, 0.29) is 0 Å². The normalized spacial score (nSPS) is 24.4. The summed E-state index contributed by atoms with van der Waals surface area (Å²) in [6.45, 7) is 4.36. The minimum Gasteiger partial charge on any atom is -0.497 e. The van der Waals surface area contributed by atoms with Gasteiger partial charge in [-0.25, -0.2) is 0 Å². The van der Waals surface area contributed by atoms with Crippen molar-refractivity contribution < 1.29 is 19.1 Å². The summed E-state index contributed by atoms with van der Waals surface area (Å²) in [5, 5.41) is 14.6. The molecule has 3 aliphatic rings. The van der Waals surface area contributed by atoms with Gasteiger partial charge in [-0.2, -0.15) is 5.26 Å². The summed E-state index contributed by atoms with van der Waals surface area (Å²) in [6.07, 6.45) is 6.35. The van der Waals surface area contributed by atoms with Crippen molar-refractivity contribution in [1.82, 2.24) is 10.3 Å². The van der Waals surface area contributed by atoms with Crippen molar-refractivity contribution in [3.05, 3.63) is 59.3 Å². The maximum absolute atomic E-state index is 9.75. The molecule has 4 atom stereocenters. The minimum absolute atomic E-state index is 0.542. The number of likely N-dealkylation sites (tertiary alicyclic amines) is 1. The third-order valence-electron chi connectivity index (χ3n) is 8.14. The number of nitriles is 1. The van der Waals surface area contributed by atoms with Crippen molar-refractivity contribution >= 4 is 10.9 Å². The van der Waals surface area contributed by atoms with Gasteiger partial charge in [-0.15, -0.1) is 0 Å². The molecule has 0 amide bonds. The third-order valence-corrected chi connectivity index (χ3v) is 8.14. The Bertz CT molecular complexity index is 1300. The fourth-order valence-electron chi connectivity index (χ4n) is 6.41. The van der Waals surface area contributed by atoms with Crippen molar-refractivity contribution in [3.8, 4) is 23.3 Å². The Kier molecular flexibility index (Phi) is 6.39. The van der Waals surface area contributed by atoms with E-state index in [9.17, 15) is 5.26 Å². The zero-order valence-electron chi connectivity index (χ0n) is 20.8. The molecule has 2 aromatic carbocycles. The second-order valence-electron chi connectivity index (χ2n) is 10.3. The molecule has 36 heavy (non-hydrogen) atoms. The van der Waals surface area contributed by atoms with Crippen LogP contribution >= 0.6 is 0 Å². The van der Waals surface area contributed by atoms with E-state index in [0.29, 0.717) is 30.9 Å². The van der Waals surface area contributed by atoms with E-state index in [0.717, 1.165) is 59.1 Å². The second kappa shape index (κ2) is 9.96. The monoisotopic (exact) mass is 485 g/mol. The number of pyridine rings is 1. The zero-order chi connectivity index (χ0) is 24.5. The van der Waals surface area contributed by atoms with Crippen LogP contribution in [0, 0.1) is 17.2 Å². The van der Waals surface area contributed by atoms with Gasteiger partial charge in [0.15, 0.2) is 11.5 Å². The average molecular weight is 486 g/mol. The zero-order valence-corrected chi connectivity index (χ0v) is 20.8. The molecule has 186 valence electrons. The highest BCUT2D eigenvalue weighted by Crippen LogP contribution is 2.32. The largest absolute Gasteiger partial charge is 0.497 e. The summed E-state index contributed by atoms with van der Waals surface area (Å²) < 4.78 is 16.8. The summed E-state index contributed by atoms with van der Waals surface area (Å²) >= 11 is 0. The fraction of sp³-hybridized carbons (Fsp3) is 0.448. The predicted molar refractivity (Wildman–Crippen MR) is 137 cm³/mol. The van der Waals surface area contributed by atoms with Crippen molar-refractivity contribution in [2.24, 2.45) is 5.92 Å². The molecule has 7 heteroatoms. The summed E-state index contributed by atoms with van der Waals surface area (Å²) in [5.74, 6) is 3.27. The summed E-state index contributed by atoms with van der Waals surface area (Å²) in [4.78, 5) is 6.17. The SMILES string of the molecule is COc1ccc2ncc(C#N)c(CC[NH+]3CC4CC(NCc5ccc6c(c5)OCCO6)CC3C4)c2c1. The highest BCUT2D eigenvalue weighted by molar-refractivity contribution is 5.85. The van der Waals surface area contributed by atoms with Gasteiger partial charge >= 0.3 is 0 Å². The third kappa shape index (κ3) is 4.59. The van der Waals surface area contributed by atoms with Crippen LogP contribution in [0.1, 0.15) is 36.0 Å².